The van der Waals surface area contributed by atoms with E-state index in [1.165, 1.54) is 45.6 Å². The van der Waals surface area contributed by atoms with Crippen LogP contribution < -0.4 is 0 Å². The fourth-order valence-corrected chi connectivity index (χ4v) is 6.14. The van der Waals surface area contributed by atoms with Crippen molar-refractivity contribution >= 4 is 0 Å². The Balaban J connectivity index is 1.77. The van der Waals surface area contributed by atoms with Crippen LogP contribution in [0.1, 0.15) is 126 Å². The van der Waals surface area contributed by atoms with E-state index in [0.717, 1.165) is 25.7 Å². The van der Waals surface area contributed by atoms with Crippen LogP contribution in [0.3, 0.4) is 0 Å². The van der Waals surface area contributed by atoms with Crippen molar-refractivity contribution in [1.29, 1.82) is 0 Å². The van der Waals surface area contributed by atoms with E-state index in [-0.39, 0.29) is 16.2 Å². The van der Waals surface area contributed by atoms with Gasteiger partial charge in [0.05, 0.1) is 0 Å². The average molecular weight is 471 g/mol. The Labute approximate surface area is 210 Å². The van der Waals surface area contributed by atoms with Gasteiger partial charge in [-0.25, -0.2) is 0 Å². The first-order chi connectivity index (χ1) is 16.7. The number of fused-ring (bicyclic) bond motifs is 8. The molecule has 0 aliphatic carbocycles. The summed E-state index contributed by atoms with van der Waals surface area (Å²) < 4.78 is 0. The second-order valence-corrected chi connectivity index (χ2v) is 11.2. The standard InChI is InChI=1S/C31H42N4/c1-8-20-21-12-14-23(32-21)29(5,9-2)25-16-18-27(34-25)31(7,11-4)28-19-17-26(35-28)30(6,10-3)24-15-13-22(20)33-24/h12-20,32-35H,8-11H2,1-7H3. The average Bonchev–Trinajstić information content (AvgIpc) is 3.69. The first kappa shape index (κ1) is 23.8. The van der Waals surface area contributed by atoms with E-state index in [1.54, 1.807) is 0 Å². The number of nitrogens with one attached hydrogen (secondary N) is 4. The largest absolute Gasteiger partial charge is 0.361 e. The summed E-state index contributed by atoms with van der Waals surface area (Å²) in [6.45, 7) is 16.2. The van der Waals surface area contributed by atoms with Gasteiger partial charge in [-0.1, -0.05) is 27.7 Å². The number of aromatic amines is 4. The van der Waals surface area contributed by atoms with Crippen LogP contribution in [0.15, 0.2) is 48.5 Å². The maximum Gasteiger partial charge on any atom is 0.0473 e. The van der Waals surface area contributed by atoms with Crippen molar-refractivity contribution < 1.29 is 0 Å². The van der Waals surface area contributed by atoms with Gasteiger partial charge in [0.2, 0.25) is 0 Å². The lowest BCUT2D eigenvalue weighted by Crippen LogP contribution is -2.28. The Bertz CT molecular complexity index is 1220. The summed E-state index contributed by atoms with van der Waals surface area (Å²) in [5, 5.41) is 0. The molecular weight excluding hydrogens is 428 g/mol. The first-order valence-electron chi connectivity index (χ1n) is 13.5. The second kappa shape index (κ2) is 8.36. The van der Waals surface area contributed by atoms with Gasteiger partial charge in [-0.3, -0.25) is 0 Å². The van der Waals surface area contributed by atoms with Crippen LogP contribution in [0, 0.1) is 0 Å². The second-order valence-electron chi connectivity index (χ2n) is 11.2. The normalized spacial score (nSPS) is 28.4. The number of hydrogen-bond acceptors (Lipinski definition) is 0. The third-order valence-electron chi connectivity index (χ3n) is 9.64. The number of hydrogen-bond donors (Lipinski definition) is 4. The van der Waals surface area contributed by atoms with Crippen LogP contribution in [0.5, 0.6) is 0 Å². The maximum atomic E-state index is 3.89. The zero-order valence-electron chi connectivity index (χ0n) is 22.5. The smallest absolute Gasteiger partial charge is 0.0473 e. The van der Waals surface area contributed by atoms with E-state index < -0.39 is 0 Å². The quantitative estimate of drug-likeness (QED) is 0.233. The summed E-state index contributed by atoms with van der Waals surface area (Å²) in [7, 11) is 0. The van der Waals surface area contributed by atoms with Crippen molar-refractivity contribution in [2.45, 2.75) is 96.3 Å². The summed E-state index contributed by atoms with van der Waals surface area (Å²) in [5.41, 5.74) is 9.88. The molecule has 0 saturated carbocycles. The molecular formula is C31H42N4. The summed E-state index contributed by atoms with van der Waals surface area (Å²) in [6, 6.07) is 18.4. The van der Waals surface area contributed by atoms with Gasteiger partial charge < -0.3 is 19.9 Å². The molecule has 1 aliphatic rings. The molecule has 0 fully saturated rings. The minimum Gasteiger partial charge on any atom is -0.361 e. The topological polar surface area (TPSA) is 63.2 Å². The molecule has 4 heteroatoms. The molecule has 4 aromatic rings. The van der Waals surface area contributed by atoms with Gasteiger partial charge in [-0.2, -0.15) is 0 Å². The van der Waals surface area contributed by atoms with E-state index in [9.17, 15) is 0 Å². The molecule has 8 bridgehead atoms. The zero-order valence-corrected chi connectivity index (χ0v) is 22.5. The molecule has 0 amide bonds. The first-order valence-corrected chi connectivity index (χ1v) is 13.5. The Morgan fingerprint density at radius 3 is 1.06 bits per heavy atom. The van der Waals surface area contributed by atoms with E-state index in [1.807, 2.05) is 0 Å². The van der Waals surface area contributed by atoms with Crippen LogP contribution in [-0.2, 0) is 16.2 Å². The Morgan fingerprint density at radius 2 is 0.771 bits per heavy atom. The predicted octanol–water partition coefficient (Wildman–Crippen LogP) is 8.00. The van der Waals surface area contributed by atoms with Gasteiger partial charge >= 0.3 is 0 Å². The van der Waals surface area contributed by atoms with Gasteiger partial charge in [-0.15, -0.1) is 0 Å². The summed E-state index contributed by atoms with van der Waals surface area (Å²) >= 11 is 0. The molecule has 0 radical (unpaired) electrons. The van der Waals surface area contributed by atoms with Crippen molar-refractivity contribution in [3.8, 4) is 0 Å². The molecule has 2 unspecified atom stereocenters. The minimum atomic E-state index is -0.119. The molecule has 0 saturated heterocycles. The van der Waals surface area contributed by atoms with Crippen molar-refractivity contribution in [3.05, 3.63) is 94.1 Å². The highest BCUT2D eigenvalue weighted by Gasteiger charge is 2.37. The molecule has 5 heterocycles. The summed E-state index contributed by atoms with van der Waals surface area (Å²) in [4.78, 5) is 15.5. The Morgan fingerprint density at radius 1 is 0.486 bits per heavy atom. The zero-order chi connectivity index (χ0) is 25.0. The highest BCUT2D eigenvalue weighted by Crippen LogP contribution is 2.42. The van der Waals surface area contributed by atoms with Crippen molar-refractivity contribution in [2.24, 2.45) is 0 Å². The molecule has 4 aromatic heterocycles. The highest BCUT2D eigenvalue weighted by atomic mass is 14.9. The molecule has 4 N–H and O–H groups in total. The predicted molar refractivity (Wildman–Crippen MR) is 146 cm³/mol. The molecule has 5 rings (SSSR count). The van der Waals surface area contributed by atoms with E-state index in [0.29, 0.717) is 5.92 Å². The molecule has 186 valence electrons. The highest BCUT2D eigenvalue weighted by molar-refractivity contribution is 5.42. The monoisotopic (exact) mass is 470 g/mol. The third-order valence-corrected chi connectivity index (χ3v) is 9.64. The summed E-state index contributed by atoms with van der Waals surface area (Å²) in [5.74, 6) is 0.314. The van der Waals surface area contributed by atoms with Crippen LogP contribution in [-0.4, -0.2) is 19.9 Å². The van der Waals surface area contributed by atoms with E-state index in [4.69, 9.17) is 0 Å². The molecule has 2 atom stereocenters. The van der Waals surface area contributed by atoms with E-state index in [2.05, 4.69) is 117 Å². The third kappa shape index (κ3) is 3.40. The van der Waals surface area contributed by atoms with Crippen molar-refractivity contribution in [3.63, 3.8) is 0 Å². The number of H-pyrrole nitrogens is 4. The Hall–Kier alpha value is -2.88. The Kier molecular flexibility index (Phi) is 5.69. The SMILES string of the molecule is CCC1c2ccc([nH]2)C(C)(CC)c2ccc([nH]2)C(C)(CC)c2ccc([nH]2)C(C)(CC)c2ccc1[nH]2. The molecule has 0 spiro atoms. The number of aromatic nitrogens is 4. The van der Waals surface area contributed by atoms with Crippen LogP contribution in [0.25, 0.3) is 0 Å². The molecule has 35 heavy (non-hydrogen) atoms. The van der Waals surface area contributed by atoms with Gasteiger partial charge in [0.25, 0.3) is 0 Å². The van der Waals surface area contributed by atoms with Gasteiger partial charge in [-0.05, 0) is 95.0 Å². The van der Waals surface area contributed by atoms with Gasteiger partial charge in [0.1, 0.15) is 0 Å². The fourth-order valence-electron chi connectivity index (χ4n) is 6.14. The molecule has 1 aliphatic heterocycles. The maximum absolute atomic E-state index is 3.89. The van der Waals surface area contributed by atoms with Crippen molar-refractivity contribution in [2.75, 3.05) is 0 Å². The lowest BCUT2D eigenvalue weighted by Gasteiger charge is -2.30. The lowest BCUT2D eigenvalue weighted by molar-refractivity contribution is 0.486. The minimum absolute atomic E-state index is 0.108. The van der Waals surface area contributed by atoms with Crippen LogP contribution in [0.2, 0.25) is 0 Å². The van der Waals surface area contributed by atoms with Crippen LogP contribution in [0.4, 0.5) is 0 Å². The van der Waals surface area contributed by atoms with Gasteiger partial charge in [0, 0.05) is 67.7 Å². The van der Waals surface area contributed by atoms with E-state index >= 15 is 0 Å². The van der Waals surface area contributed by atoms with Crippen LogP contribution >= 0.6 is 0 Å². The summed E-state index contributed by atoms with van der Waals surface area (Å²) in [6.07, 6.45) is 4.08. The molecule has 4 nitrogen and oxygen atoms in total. The van der Waals surface area contributed by atoms with Gasteiger partial charge in [0.15, 0.2) is 0 Å². The number of rotatable bonds is 4. The lowest BCUT2D eigenvalue weighted by atomic mass is 9.80. The fraction of sp³-hybridized carbons (Fsp3) is 0.484. The molecule has 0 aromatic carbocycles. The van der Waals surface area contributed by atoms with Crippen molar-refractivity contribution in [1.82, 2.24) is 19.9 Å².